The van der Waals surface area contributed by atoms with Crippen molar-refractivity contribution in [1.29, 1.82) is 0 Å². The number of aliphatic hydroxyl groups is 1. The molecule has 5 N–H and O–H groups in total. The fourth-order valence-corrected chi connectivity index (χ4v) is 1.05. The smallest absolute Gasteiger partial charge is 0.388 e. The minimum Gasteiger partial charge on any atom is -0.388 e. The molecule has 2 atom stereocenters. The lowest BCUT2D eigenvalue weighted by molar-refractivity contribution is -0.370. The van der Waals surface area contributed by atoms with Crippen LogP contribution < -0.4 is 5.73 Å². The Kier molecular flexibility index (Phi) is 4.81. The van der Waals surface area contributed by atoms with Gasteiger partial charge in [-0.25, -0.2) is 0 Å². The Morgan fingerprint density at radius 3 is 2.56 bits per heavy atom. The first kappa shape index (κ1) is 8.98. The summed E-state index contributed by atoms with van der Waals surface area (Å²) in [5.41, 5.74) is 3.50. The molecule has 9 heavy (non-hydrogen) atoms. The van der Waals surface area contributed by atoms with Gasteiger partial charge in [0.15, 0.2) is 0 Å². The highest BCUT2D eigenvalue weighted by atomic mass is 31.1. The first-order valence-corrected chi connectivity index (χ1v) is 4.17. The van der Waals surface area contributed by atoms with Gasteiger partial charge in [0, 0.05) is 6.42 Å². The van der Waals surface area contributed by atoms with Gasteiger partial charge in [-0.3, -0.25) is 0 Å². The minimum absolute atomic E-state index is 0.0230. The van der Waals surface area contributed by atoms with Gasteiger partial charge in [0.2, 0.25) is 6.16 Å². The monoisotopic (exact) mass is 153 g/mol. The van der Waals surface area contributed by atoms with Gasteiger partial charge in [-0.05, 0) is 4.57 Å². The van der Waals surface area contributed by atoms with Crippen LogP contribution in [0.1, 0.15) is 6.42 Å². The molecule has 5 heteroatoms. The summed E-state index contributed by atoms with van der Waals surface area (Å²) < 4.78 is 10.1. The molecule has 0 aromatic heterocycles. The SMILES string of the molecule is [NH3+]CCC(O)C[P+](=O)O. The van der Waals surface area contributed by atoms with Crippen LogP contribution in [-0.2, 0) is 4.57 Å². The summed E-state index contributed by atoms with van der Waals surface area (Å²) in [5.74, 6) is 0. The fraction of sp³-hybridized carbons (Fsp3) is 1.00. The van der Waals surface area contributed by atoms with Crippen molar-refractivity contribution in [2.45, 2.75) is 12.5 Å². The quantitative estimate of drug-likeness (QED) is 0.439. The summed E-state index contributed by atoms with van der Waals surface area (Å²) in [7, 11) is -2.18. The van der Waals surface area contributed by atoms with Crippen molar-refractivity contribution in [3.63, 3.8) is 0 Å². The van der Waals surface area contributed by atoms with Crippen LogP contribution in [0.4, 0.5) is 0 Å². The van der Waals surface area contributed by atoms with Crippen molar-refractivity contribution < 1.29 is 20.3 Å². The first-order chi connectivity index (χ1) is 4.16. The lowest BCUT2D eigenvalue weighted by Crippen LogP contribution is -2.51. The molecule has 54 valence electrons. The molecule has 0 radical (unpaired) electrons. The van der Waals surface area contributed by atoms with Crippen LogP contribution in [0.2, 0.25) is 0 Å². The third kappa shape index (κ3) is 5.86. The highest BCUT2D eigenvalue weighted by Gasteiger charge is 2.17. The summed E-state index contributed by atoms with van der Waals surface area (Å²) in [6.45, 7) is 0.602. The van der Waals surface area contributed by atoms with E-state index in [1.54, 1.807) is 0 Å². The average molecular weight is 153 g/mol. The largest absolute Gasteiger partial charge is 0.508 e. The molecule has 0 aliphatic rings. The van der Waals surface area contributed by atoms with Crippen molar-refractivity contribution in [3.05, 3.63) is 0 Å². The van der Waals surface area contributed by atoms with E-state index in [2.05, 4.69) is 5.73 Å². The highest BCUT2D eigenvalue weighted by Crippen LogP contribution is 2.14. The second-order valence-corrected chi connectivity index (χ2v) is 2.90. The van der Waals surface area contributed by atoms with Crippen molar-refractivity contribution in [1.82, 2.24) is 0 Å². The predicted molar refractivity (Wildman–Crippen MR) is 33.1 cm³/mol. The van der Waals surface area contributed by atoms with Gasteiger partial charge in [-0.15, -0.1) is 0 Å². The van der Waals surface area contributed by atoms with E-state index in [-0.39, 0.29) is 6.16 Å². The molecule has 0 aliphatic heterocycles. The van der Waals surface area contributed by atoms with Crippen LogP contribution in [0, 0.1) is 0 Å². The van der Waals surface area contributed by atoms with Crippen molar-refractivity contribution in [2.24, 2.45) is 0 Å². The number of hydrogen-bond donors (Lipinski definition) is 3. The Labute approximate surface area is 54.6 Å². The molecule has 0 spiro atoms. The second kappa shape index (κ2) is 4.82. The van der Waals surface area contributed by atoms with Gasteiger partial charge < -0.3 is 10.8 Å². The van der Waals surface area contributed by atoms with Gasteiger partial charge in [0.1, 0.15) is 6.10 Å². The Bertz CT molecular complexity index is 97.8. The summed E-state index contributed by atoms with van der Waals surface area (Å²) in [6.07, 6.45) is -0.178. The Morgan fingerprint density at radius 2 is 2.22 bits per heavy atom. The second-order valence-electron chi connectivity index (χ2n) is 1.83. The molecule has 0 rings (SSSR count). The number of hydrogen-bond acceptors (Lipinski definition) is 2. The van der Waals surface area contributed by atoms with Crippen LogP contribution in [0.5, 0.6) is 0 Å². The fourth-order valence-electron chi connectivity index (χ4n) is 0.507. The standard InChI is InChI=1S/C4H10NO3P/c5-2-1-4(6)3-9(7)8/h4,6H,1-3,5H2/p+2. The highest BCUT2D eigenvalue weighted by molar-refractivity contribution is 7.38. The minimum atomic E-state index is -2.18. The van der Waals surface area contributed by atoms with Gasteiger partial charge >= 0.3 is 8.03 Å². The molecule has 2 unspecified atom stereocenters. The Morgan fingerprint density at radius 1 is 1.67 bits per heavy atom. The molecule has 0 aromatic carbocycles. The summed E-state index contributed by atoms with van der Waals surface area (Å²) in [6, 6.07) is 0. The average Bonchev–Trinajstić information content (AvgIpc) is 1.63. The van der Waals surface area contributed by atoms with E-state index in [0.717, 1.165) is 0 Å². The molecule has 0 fully saturated rings. The van der Waals surface area contributed by atoms with E-state index >= 15 is 0 Å². The molecule has 0 heterocycles. The van der Waals surface area contributed by atoms with Crippen molar-refractivity contribution in [2.75, 3.05) is 12.7 Å². The lowest BCUT2D eigenvalue weighted by atomic mass is 10.3. The van der Waals surface area contributed by atoms with Crippen LogP contribution in [0.3, 0.4) is 0 Å². The third-order valence-corrected chi connectivity index (χ3v) is 1.64. The van der Waals surface area contributed by atoms with E-state index in [4.69, 9.17) is 10.00 Å². The van der Waals surface area contributed by atoms with Gasteiger partial charge in [-0.1, -0.05) is 0 Å². The zero-order valence-electron chi connectivity index (χ0n) is 5.16. The molecule has 0 bridgehead atoms. The van der Waals surface area contributed by atoms with Crippen LogP contribution >= 0.6 is 8.03 Å². The maximum atomic E-state index is 10.1. The molecular formula is C4H12NO3P+2. The van der Waals surface area contributed by atoms with Gasteiger partial charge in [0.05, 0.1) is 6.54 Å². The van der Waals surface area contributed by atoms with Crippen molar-refractivity contribution in [3.8, 4) is 0 Å². The molecule has 0 saturated heterocycles. The number of quaternary nitrogens is 1. The molecular weight excluding hydrogens is 141 g/mol. The number of aliphatic hydroxyl groups excluding tert-OH is 1. The lowest BCUT2D eigenvalue weighted by Gasteiger charge is -1.96. The first-order valence-electron chi connectivity index (χ1n) is 2.77. The zero-order chi connectivity index (χ0) is 7.28. The zero-order valence-corrected chi connectivity index (χ0v) is 6.05. The van der Waals surface area contributed by atoms with Crippen molar-refractivity contribution >= 4 is 8.03 Å². The maximum Gasteiger partial charge on any atom is 0.508 e. The van der Waals surface area contributed by atoms with Gasteiger partial charge in [0.25, 0.3) is 0 Å². The Hall–Kier alpha value is -0.0200. The van der Waals surface area contributed by atoms with E-state index in [0.29, 0.717) is 13.0 Å². The van der Waals surface area contributed by atoms with Gasteiger partial charge in [-0.2, -0.15) is 4.89 Å². The van der Waals surface area contributed by atoms with Crippen LogP contribution in [0.25, 0.3) is 0 Å². The molecule has 4 nitrogen and oxygen atoms in total. The molecule has 0 aliphatic carbocycles. The molecule has 0 saturated carbocycles. The normalized spacial score (nSPS) is 15.2. The maximum absolute atomic E-state index is 10.1. The van der Waals surface area contributed by atoms with Crippen LogP contribution in [-0.4, -0.2) is 28.8 Å². The topological polar surface area (TPSA) is 85.2 Å². The van der Waals surface area contributed by atoms with E-state index in [1.807, 2.05) is 0 Å². The summed E-state index contributed by atoms with van der Waals surface area (Å²) >= 11 is 0. The summed E-state index contributed by atoms with van der Waals surface area (Å²) in [4.78, 5) is 8.28. The van der Waals surface area contributed by atoms with E-state index < -0.39 is 14.1 Å². The third-order valence-electron chi connectivity index (χ3n) is 0.904. The van der Waals surface area contributed by atoms with Crippen LogP contribution in [0.15, 0.2) is 0 Å². The predicted octanol–water partition coefficient (Wildman–Crippen LogP) is -1.29. The van der Waals surface area contributed by atoms with E-state index in [9.17, 15) is 4.57 Å². The molecule has 0 aromatic rings. The Balaban J connectivity index is 3.26. The van der Waals surface area contributed by atoms with E-state index in [1.165, 1.54) is 0 Å². The summed E-state index contributed by atoms with van der Waals surface area (Å²) in [5, 5.41) is 8.84. The number of rotatable bonds is 4. The molecule has 0 amide bonds.